The third-order valence-electron chi connectivity index (χ3n) is 3.28. The third-order valence-corrected chi connectivity index (χ3v) is 4.91. The molecule has 1 aromatic rings. The van der Waals surface area contributed by atoms with Crippen LogP contribution in [0.15, 0.2) is 22.7 Å². The molecule has 4 heteroatoms. The highest BCUT2D eigenvalue weighted by atomic mass is 79.9. The molecule has 94 valence electrons. The predicted octanol–water partition coefficient (Wildman–Crippen LogP) is 3.44. The summed E-state index contributed by atoms with van der Waals surface area (Å²) in [6.45, 7) is 1.82. The number of hydrogen-bond acceptors (Lipinski definition) is 3. The lowest BCUT2D eigenvalue weighted by Crippen LogP contribution is -2.32. The van der Waals surface area contributed by atoms with Gasteiger partial charge in [-0.25, -0.2) is 0 Å². The van der Waals surface area contributed by atoms with Crippen LogP contribution in [0.1, 0.15) is 25.0 Å². The predicted molar refractivity (Wildman–Crippen MR) is 78.9 cm³/mol. The second kappa shape index (κ2) is 5.63. The molecule has 0 saturated carbocycles. The maximum Gasteiger partial charge on any atom is 0.0782 e. The van der Waals surface area contributed by atoms with Gasteiger partial charge in [-0.3, -0.25) is 0 Å². The Labute approximate surface area is 116 Å². The van der Waals surface area contributed by atoms with Crippen LogP contribution in [0, 0.1) is 0 Å². The number of aliphatic hydroxyl groups is 1. The van der Waals surface area contributed by atoms with Crippen molar-refractivity contribution < 1.29 is 5.11 Å². The van der Waals surface area contributed by atoms with Crippen LogP contribution < -0.4 is 4.90 Å². The monoisotopic (exact) mass is 315 g/mol. The summed E-state index contributed by atoms with van der Waals surface area (Å²) in [7, 11) is 2.13. The number of hydrogen-bond donors (Lipinski definition) is 1. The molecule has 2 atom stereocenters. The smallest absolute Gasteiger partial charge is 0.0782 e. The van der Waals surface area contributed by atoms with Crippen molar-refractivity contribution in [1.29, 1.82) is 0 Å². The summed E-state index contributed by atoms with van der Waals surface area (Å²) in [5, 5.41) is 9.84. The van der Waals surface area contributed by atoms with Gasteiger partial charge >= 0.3 is 0 Å². The Kier molecular flexibility index (Phi) is 4.39. The maximum atomic E-state index is 9.84. The zero-order valence-corrected chi connectivity index (χ0v) is 12.6. The number of halogens is 1. The van der Waals surface area contributed by atoms with Crippen molar-refractivity contribution >= 4 is 33.4 Å². The lowest BCUT2D eigenvalue weighted by atomic mass is 10.1. The number of thioether (sulfide) groups is 1. The van der Waals surface area contributed by atoms with Gasteiger partial charge < -0.3 is 10.0 Å². The Morgan fingerprint density at radius 2 is 2.29 bits per heavy atom. The molecule has 0 aliphatic carbocycles. The largest absolute Gasteiger partial charge is 0.389 e. The lowest BCUT2D eigenvalue weighted by molar-refractivity contribution is 0.199. The summed E-state index contributed by atoms with van der Waals surface area (Å²) in [5.74, 6) is 2.43. The quantitative estimate of drug-likeness (QED) is 0.924. The fourth-order valence-corrected chi connectivity index (χ4v) is 3.82. The molecule has 2 nitrogen and oxygen atoms in total. The molecular weight excluding hydrogens is 298 g/mol. The van der Waals surface area contributed by atoms with Crippen molar-refractivity contribution in [3.63, 3.8) is 0 Å². The minimum atomic E-state index is -0.422. The summed E-state index contributed by atoms with van der Waals surface area (Å²) < 4.78 is 1.06. The molecule has 1 aromatic carbocycles. The molecule has 1 N–H and O–H groups in total. The first-order valence-electron chi connectivity index (χ1n) is 5.87. The zero-order valence-electron chi connectivity index (χ0n) is 10.2. The van der Waals surface area contributed by atoms with E-state index in [1.807, 2.05) is 30.8 Å². The average Bonchev–Trinajstić information content (AvgIpc) is 2.80. The minimum Gasteiger partial charge on any atom is -0.389 e. The van der Waals surface area contributed by atoms with Crippen LogP contribution in [0.5, 0.6) is 0 Å². The molecule has 2 rings (SSSR count). The molecule has 2 unspecified atom stereocenters. The van der Waals surface area contributed by atoms with Crippen molar-refractivity contribution in [3.05, 3.63) is 28.2 Å². The average molecular weight is 316 g/mol. The van der Waals surface area contributed by atoms with Gasteiger partial charge in [-0.15, -0.1) is 0 Å². The van der Waals surface area contributed by atoms with Crippen molar-refractivity contribution in [2.75, 3.05) is 23.5 Å². The first-order chi connectivity index (χ1) is 8.09. The van der Waals surface area contributed by atoms with Crippen molar-refractivity contribution in [2.45, 2.75) is 25.5 Å². The van der Waals surface area contributed by atoms with E-state index in [0.717, 1.165) is 15.7 Å². The van der Waals surface area contributed by atoms with Crippen LogP contribution in [0.4, 0.5) is 5.69 Å². The maximum absolute atomic E-state index is 9.84. The fourth-order valence-electron chi connectivity index (χ4n) is 2.20. The highest BCUT2D eigenvalue weighted by Crippen LogP contribution is 2.33. The molecule has 1 heterocycles. The van der Waals surface area contributed by atoms with E-state index in [1.165, 1.54) is 17.9 Å². The van der Waals surface area contributed by atoms with Gasteiger partial charge in [0.2, 0.25) is 0 Å². The van der Waals surface area contributed by atoms with Gasteiger partial charge in [-0.2, -0.15) is 11.8 Å². The van der Waals surface area contributed by atoms with E-state index in [0.29, 0.717) is 6.04 Å². The van der Waals surface area contributed by atoms with Crippen molar-refractivity contribution in [1.82, 2.24) is 0 Å². The molecule has 1 aliphatic heterocycles. The zero-order chi connectivity index (χ0) is 12.4. The van der Waals surface area contributed by atoms with Crippen LogP contribution in [0.3, 0.4) is 0 Å². The first kappa shape index (κ1) is 13.2. The summed E-state index contributed by atoms with van der Waals surface area (Å²) in [5.41, 5.74) is 2.15. The van der Waals surface area contributed by atoms with E-state index >= 15 is 0 Å². The van der Waals surface area contributed by atoms with E-state index in [2.05, 4.69) is 33.9 Å². The number of aliphatic hydroxyl groups excluding tert-OH is 1. The lowest BCUT2D eigenvalue weighted by Gasteiger charge is -2.29. The molecule has 1 saturated heterocycles. The van der Waals surface area contributed by atoms with Crippen molar-refractivity contribution in [2.24, 2.45) is 0 Å². The molecule has 0 amide bonds. The summed E-state index contributed by atoms with van der Waals surface area (Å²) in [6.07, 6.45) is 0.807. The van der Waals surface area contributed by atoms with Gasteiger partial charge in [0.15, 0.2) is 0 Å². The Morgan fingerprint density at radius 1 is 1.53 bits per heavy atom. The van der Waals surface area contributed by atoms with Gasteiger partial charge in [0.05, 0.1) is 6.10 Å². The second-order valence-corrected chi connectivity index (χ2v) is 6.57. The van der Waals surface area contributed by atoms with Crippen LogP contribution in [0.2, 0.25) is 0 Å². The van der Waals surface area contributed by atoms with E-state index in [-0.39, 0.29) is 0 Å². The topological polar surface area (TPSA) is 23.5 Å². The molecule has 0 bridgehead atoms. The Hall–Kier alpha value is -0.190. The number of benzene rings is 1. The molecule has 17 heavy (non-hydrogen) atoms. The highest BCUT2D eigenvalue weighted by Gasteiger charge is 2.23. The van der Waals surface area contributed by atoms with E-state index in [1.54, 1.807) is 0 Å². The van der Waals surface area contributed by atoms with Gasteiger partial charge in [-0.1, -0.05) is 22.0 Å². The first-order valence-corrected chi connectivity index (χ1v) is 7.82. The third kappa shape index (κ3) is 2.98. The molecule has 0 radical (unpaired) electrons. The van der Waals surface area contributed by atoms with Gasteiger partial charge in [-0.05, 0) is 31.2 Å². The second-order valence-electron chi connectivity index (χ2n) is 4.51. The van der Waals surface area contributed by atoms with Crippen molar-refractivity contribution in [3.8, 4) is 0 Å². The molecule has 0 aromatic heterocycles. The Balaban J connectivity index is 2.31. The fraction of sp³-hybridized carbons (Fsp3) is 0.538. The van der Waals surface area contributed by atoms with Crippen LogP contribution >= 0.6 is 27.7 Å². The summed E-state index contributed by atoms with van der Waals surface area (Å²) in [6, 6.07) is 6.68. The van der Waals surface area contributed by atoms with Gasteiger partial charge in [0.25, 0.3) is 0 Å². The molecule has 1 aliphatic rings. The standard InChI is InChI=1S/C13H18BrNOS/c1-9(16)12-4-3-10(14)7-13(12)15(2)11-5-6-17-8-11/h3-4,7,9,11,16H,5-6,8H2,1-2H3. The highest BCUT2D eigenvalue weighted by molar-refractivity contribution is 9.10. The van der Waals surface area contributed by atoms with Gasteiger partial charge in [0.1, 0.15) is 0 Å². The molecule has 1 fully saturated rings. The van der Waals surface area contributed by atoms with Gasteiger partial charge in [0, 0.05) is 34.6 Å². The number of rotatable bonds is 3. The normalized spacial score (nSPS) is 21.5. The summed E-state index contributed by atoms with van der Waals surface area (Å²) >= 11 is 5.52. The van der Waals surface area contributed by atoms with E-state index in [4.69, 9.17) is 0 Å². The molecular formula is C13H18BrNOS. The summed E-state index contributed by atoms with van der Waals surface area (Å²) in [4.78, 5) is 2.31. The Morgan fingerprint density at radius 3 is 2.88 bits per heavy atom. The van der Waals surface area contributed by atoms with E-state index < -0.39 is 6.10 Å². The molecule has 0 spiro atoms. The number of anilines is 1. The van der Waals surface area contributed by atoms with Crippen LogP contribution in [-0.4, -0.2) is 29.7 Å². The SMILES string of the molecule is CC(O)c1ccc(Br)cc1N(C)C1CCSC1. The number of nitrogens with zero attached hydrogens (tertiary/aromatic N) is 1. The van der Waals surface area contributed by atoms with E-state index in [9.17, 15) is 5.11 Å². The minimum absolute atomic E-state index is 0.422. The Bertz CT molecular complexity index is 391. The van der Waals surface area contributed by atoms with Crippen LogP contribution in [-0.2, 0) is 0 Å². The van der Waals surface area contributed by atoms with Crippen LogP contribution in [0.25, 0.3) is 0 Å².